The minimum absolute atomic E-state index is 0.171. The molecule has 4 N–H and O–H groups in total. The summed E-state index contributed by atoms with van der Waals surface area (Å²) in [6.07, 6.45) is 0. The van der Waals surface area contributed by atoms with E-state index in [2.05, 4.69) is 0 Å². The van der Waals surface area contributed by atoms with E-state index in [4.69, 9.17) is 15.9 Å². The second kappa shape index (κ2) is 4.08. The van der Waals surface area contributed by atoms with Crippen molar-refractivity contribution < 1.29 is 19.8 Å². The molecule has 92 valence electrons. The van der Waals surface area contributed by atoms with E-state index in [9.17, 15) is 9.59 Å². The number of carboxylic acids is 2. The molecule has 5 heteroatoms. The van der Waals surface area contributed by atoms with Crippen LogP contribution in [0.1, 0.15) is 47.1 Å². The molecule has 0 unspecified atom stereocenters. The third-order valence-corrected chi connectivity index (χ3v) is 2.51. The first-order valence-corrected chi connectivity index (χ1v) is 5.05. The Kier molecular flexibility index (Phi) is 3.13. The summed E-state index contributed by atoms with van der Waals surface area (Å²) in [5.41, 5.74) is 5.26. The van der Waals surface area contributed by atoms with Crippen molar-refractivity contribution in [2.24, 2.45) is 0 Å². The summed E-state index contributed by atoms with van der Waals surface area (Å²) in [5, 5.41) is 18.0. The van der Waals surface area contributed by atoms with E-state index in [1.165, 1.54) is 12.1 Å². The van der Waals surface area contributed by atoms with Gasteiger partial charge in [-0.2, -0.15) is 0 Å². The van der Waals surface area contributed by atoms with E-state index in [-0.39, 0.29) is 22.2 Å². The third-order valence-electron chi connectivity index (χ3n) is 2.51. The zero-order valence-electron chi connectivity index (χ0n) is 9.94. The highest BCUT2D eigenvalue weighted by Crippen LogP contribution is 2.28. The Morgan fingerprint density at radius 3 is 1.65 bits per heavy atom. The number of benzene rings is 1. The molecule has 0 aliphatic carbocycles. The maximum atomic E-state index is 11.0. The van der Waals surface area contributed by atoms with Crippen LogP contribution in [0, 0.1) is 0 Å². The minimum atomic E-state index is -1.23. The van der Waals surface area contributed by atoms with Crippen LogP contribution in [-0.4, -0.2) is 22.2 Å². The molecule has 1 rings (SSSR count). The summed E-state index contributed by atoms with van der Waals surface area (Å²) in [6, 6.07) is 2.84. The molecular formula is C12H15NO4. The topological polar surface area (TPSA) is 101 Å². The lowest BCUT2D eigenvalue weighted by atomic mass is 9.84. The average molecular weight is 237 g/mol. The van der Waals surface area contributed by atoms with Crippen molar-refractivity contribution in [3.05, 3.63) is 28.8 Å². The fourth-order valence-electron chi connectivity index (χ4n) is 1.44. The van der Waals surface area contributed by atoms with Gasteiger partial charge in [0.2, 0.25) is 0 Å². The number of carboxylic acid groups (broad SMARTS) is 2. The Bertz CT molecular complexity index is 451. The second-order valence-electron chi connectivity index (χ2n) is 4.85. The molecule has 0 heterocycles. The molecule has 0 fully saturated rings. The summed E-state index contributed by atoms with van der Waals surface area (Å²) in [4.78, 5) is 22.0. The summed E-state index contributed by atoms with van der Waals surface area (Å²) in [7, 11) is 0. The highest BCUT2D eigenvalue weighted by Gasteiger charge is 2.22. The van der Waals surface area contributed by atoms with E-state index in [0.717, 1.165) is 0 Å². The highest BCUT2D eigenvalue weighted by molar-refractivity contribution is 6.02. The standard InChI is InChI=1S/C12H15NO4/c1-12(2,3)6-4-7(10(14)15)9(13)8(5-6)11(16)17/h4-5H,13H2,1-3H3,(H,14,15)(H,16,17). The number of carbonyl (C=O) groups is 2. The Morgan fingerprint density at radius 2 is 1.41 bits per heavy atom. The van der Waals surface area contributed by atoms with Gasteiger partial charge in [0.1, 0.15) is 0 Å². The largest absolute Gasteiger partial charge is 0.478 e. The first-order valence-electron chi connectivity index (χ1n) is 5.05. The van der Waals surface area contributed by atoms with Gasteiger partial charge in [0.15, 0.2) is 0 Å². The van der Waals surface area contributed by atoms with Crippen molar-refractivity contribution in [2.75, 3.05) is 5.73 Å². The predicted molar refractivity (Wildman–Crippen MR) is 63.5 cm³/mol. The summed E-state index contributed by atoms with van der Waals surface area (Å²) < 4.78 is 0. The van der Waals surface area contributed by atoms with Crippen LogP contribution >= 0.6 is 0 Å². The number of anilines is 1. The first kappa shape index (κ1) is 13.0. The molecule has 0 aromatic heterocycles. The Morgan fingerprint density at radius 1 is 1.06 bits per heavy atom. The molecule has 5 nitrogen and oxygen atoms in total. The lowest BCUT2D eigenvalue weighted by molar-refractivity contribution is 0.0696. The van der Waals surface area contributed by atoms with Crippen molar-refractivity contribution in [3.8, 4) is 0 Å². The molecule has 0 saturated carbocycles. The summed E-state index contributed by atoms with van der Waals surface area (Å²) in [6.45, 7) is 5.61. The van der Waals surface area contributed by atoms with Gasteiger partial charge in [0.25, 0.3) is 0 Å². The van der Waals surface area contributed by atoms with Gasteiger partial charge in [-0.1, -0.05) is 20.8 Å². The molecule has 1 aromatic rings. The number of hydrogen-bond acceptors (Lipinski definition) is 3. The van der Waals surface area contributed by atoms with Crippen LogP contribution < -0.4 is 5.73 Å². The van der Waals surface area contributed by atoms with Gasteiger partial charge in [-0.15, -0.1) is 0 Å². The molecule has 0 aliphatic rings. The molecule has 17 heavy (non-hydrogen) atoms. The molecule has 0 spiro atoms. The van der Waals surface area contributed by atoms with Crippen molar-refractivity contribution in [3.63, 3.8) is 0 Å². The van der Waals surface area contributed by atoms with Gasteiger partial charge >= 0.3 is 11.9 Å². The summed E-state index contributed by atoms with van der Waals surface area (Å²) >= 11 is 0. The van der Waals surface area contributed by atoms with Crippen molar-refractivity contribution in [1.82, 2.24) is 0 Å². The second-order valence-corrected chi connectivity index (χ2v) is 4.85. The van der Waals surface area contributed by atoms with Crippen LogP contribution in [0.15, 0.2) is 12.1 Å². The van der Waals surface area contributed by atoms with E-state index in [1.54, 1.807) is 0 Å². The van der Waals surface area contributed by atoms with E-state index in [1.807, 2.05) is 20.8 Å². The van der Waals surface area contributed by atoms with Crippen LogP contribution in [0.25, 0.3) is 0 Å². The van der Waals surface area contributed by atoms with Gasteiger partial charge in [-0.05, 0) is 23.1 Å². The normalized spacial score (nSPS) is 11.2. The van der Waals surface area contributed by atoms with Gasteiger partial charge in [0, 0.05) is 0 Å². The van der Waals surface area contributed by atoms with Crippen molar-refractivity contribution in [1.29, 1.82) is 0 Å². The lowest BCUT2D eigenvalue weighted by Gasteiger charge is -2.21. The molecule has 0 atom stereocenters. The average Bonchev–Trinajstić information content (AvgIpc) is 2.14. The summed E-state index contributed by atoms with van der Waals surface area (Å²) in [5.74, 6) is -2.45. The Hall–Kier alpha value is -2.04. The monoisotopic (exact) mass is 237 g/mol. The van der Waals surface area contributed by atoms with Crippen LogP contribution in [0.5, 0.6) is 0 Å². The SMILES string of the molecule is CC(C)(C)c1cc(C(=O)O)c(N)c(C(=O)O)c1. The van der Waals surface area contributed by atoms with Gasteiger partial charge < -0.3 is 15.9 Å². The van der Waals surface area contributed by atoms with Crippen molar-refractivity contribution >= 4 is 17.6 Å². The third kappa shape index (κ3) is 2.55. The quantitative estimate of drug-likeness (QED) is 0.682. The number of hydrogen-bond donors (Lipinski definition) is 3. The Labute approximate surface area is 98.9 Å². The minimum Gasteiger partial charge on any atom is -0.478 e. The fourth-order valence-corrected chi connectivity index (χ4v) is 1.44. The molecule has 0 radical (unpaired) electrons. The molecule has 1 aromatic carbocycles. The maximum absolute atomic E-state index is 11.0. The zero-order chi connectivity index (χ0) is 13.4. The predicted octanol–water partition coefficient (Wildman–Crippen LogP) is 1.96. The number of nitrogens with two attached hydrogens (primary N) is 1. The van der Waals surface area contributed by atoms with E-state index < -0.39 is 11.9 Å². The first-order chi connectivity index (χ1) is 7.64. The van der Waals surface area contributed by atoms with E-state index >= 15 is 0 Å². The van der Waals surface area contributed by atoms with Gasteiger partial charge in [-0.25, -0.2) is 9.59 Å². The van der Waals surface area contributed by atoms with Crippen LogP contribution in [0.3, 0.4) is 0 Å². The molecular weight excluding hydrogens is 222 g/mol. The fraction of sp³-hybridized carbons (Fsp3) is 0.333. The molecule has 0 amide bonds. The maximum Gasteiger partial charge on any atom is 0.337 e. The molecule has 0 bridgehead atoms. The number of rotatable bonds is 2. The highest BCUT2D eigenvalue weighted by atomic mass is 16.4. The van der Waals surface area contributed by atoms with E-state index in [0.29, 0.717) is 5.56 Å². The number of nitrogen functional groups attached to an aromatic ring is 1. The lowest BCUT2D eigenvalue weighted by Crippen LogP contribution is -2.17. The zero-order valence-corrected chi connectivity index (χ0v) is 9.94. The van der Waals surface area contributed by atoms with Crippen molar-refractivity contribution in [2.45, 2.75) is 26.2 Å². The van der Waals surface area contributed by atoms with Crippen LogP contribution in [0.2, 0.25) is 0 Å². The molecule has 0 saturated heterocycles. The van der Waals surface area contributed by atoms with Gasteiger partial charge in [0.05, 0.1) is 16.8 Å². The van der Waals surface area contributed by atoms with Crippen LogP contribution in [-0.2, 0) is 5.41 Å². The van der Waals surface area contributed by atoms with Gasteiger partial charge in [-0.3, -0.25) is 0 Å². The smallest absolute Gasteiger partial charge is 0.337 e. The van der Waals surface area contributed by atoms with Crippen LogP contribution in [0.4, 0.5) is 5.69 Å². The Balaban J connectivity index is 3.59. The molecule has 0 aliphatic heterocycles. The number of aromatic carboxylic acids is 2.